The van der Waals surface area contributed by atoms with E-state index in [-0.39, 0.29) is 12.1 Å². The minimum absolute atomic E-state index is 0.145. The summed E-state index contributed by atoms with van der Waals surface area (Å²) in [7, 11) is 0. The molecule has 0 N–H and O–H groups in total. The third-order valence-electron chi connectivity index (χ3n) is 2.58. The Hall–Kier alpha value is -2.07. The van der Waals surface area contributed by atoms with Crippen LogP contribution in [0.1, 0.15) is 5.56 Å². The lowest BCUT2D eigenvalue weighted by molar-refractivity contribution is 0.677. The number of hydrogen-bond donors (Lipinski definition) is 0. The van der Waals surface area contributed by atoms with Crippen LogP contribution in [0.4, 0.5) is 0 Å². The van der Waals surface area contributed by atoms with Gasteiger partial charge < -0.3 is 0 Å². The summed E-state index contributed by atoms with van der Waals surface area (Å²) in [6.07, 6.45) is 2.74. The number of benzene rings is 1. The van der Waals surface area contributed by atoms with E-state index in [2.05, 4.69) is 6.58 Å². The molecule has 1 aromatic heterocycles. The lowest BCUT2D eigenvalue weighted by atomic mass is 10.2. The fourth-order valence-electron chi connectivity index (χ4n) is 1.61. The van der Waals surface area contributed by atoms with Gasteiger partial charge in [-0.25, -0.2) is 4.79 Å². The molecule has 2 aromatic rings. The zero-order chi connectivity index (χ0) is 13.1. The molecule has 0 aliphatic rings. The fourth-order valence-corrected chi connectivity index (χ4v) is 1.81. The van der Waals surface area contributed by atoms with Crippen LogP contribution in [-0.2, 0) is 6.54 Å². The standard InChI is InChI=1S/C13H11ClN2O2/c1-2-15-8-7-12(17)16(13(15)18)9-10-5-3-4-6-11(10)14/h2-8H,1,9H2. The molecule has 2 rings (SSSR count). The molecule has 0 amide bonds. The molecule has 0 unspecified atom stereocenters. The van der Waals surface area contributed by atoms with Crippen molar-refractivity contribution in [3.05, 3.63) is 74.5 Å². The Morgan fingerprint density at radius 1 is 1.22 bits per heavy atom. The number of hydrogen-bond acceptors (Lipinski definition) is 2. The van der Waals surface area contributed by atoms with Crippen LogP contribution in [0.25, 0.3) is 6.20 Å². The second-order valence-electron chi connectivity index (χ2n) is 3.70. The molecule has 92 valence electrons. The highest BCUT2D eigenvalue weighted by atomic mass is 35.5. The molecule has 4 nitrogen and oxygen atoms in total. The van der Waals surface area contributed by atoms with Gasteiger partial charge in [-0.3, -0.25) is 13.9 Å². The van der Waals surface area contributed by atoms with Crippen molar-refractivity contribution >= 4 is 17.8 Å². The second-order valence-corrected chi connectivity index (χ2v) is 4.11. The summed E-state index contributed by atoms with van der Waals surface area (Å²) in [5.41, 5.74) is -0.0735. The number of halogens is 1. The van der Waals surface area contributed by atoms with Gasteiger partial charge in [-0.15, -0.1) is 0 Å². The van der Waals surface area contributed by atoms with E-state index >= 15 is 0 Å². The van der Waals surface area contributed by atoms with Gasteiger partial charge in [0.1, 0.15) is 0 Å². The van der Waals surface area contributed by atoms with E-state index in [1.165, 1.54) is 23.0 Å². The van der Waals surface area contributed by atoms with Gasteiger partial charge in [-0.2, -0.15) is 0 Å². The molecule has 0 bridgehead atoms. The average molecular weight is 263 g/mol. The molecule has 18 heavy (non-hydrogen) atoms. The maximum Gasteiger partial charge on any atom is 0.335 e. The van der Waals surface area contributed by atoms with E-state index in [1.54, 1.807) is 24.3 Å². The van der Waals surface area contributed by atoms with Crippen LogP contribution < -0.4 is 11.2 Å². The molecule has 0 radical (unpaired) electrons. The second kappa shape index (κ2) is 5.06. The van der Waals surface area contributed by atoms with Crippen molar-refractivity contribution in [2.45, 2.75) is 6.54 Å². The molecule has 0 aliphatic carbocycles. The molecular weight excluding hydrogens is 252 g/mol. The maximum absolute atomic E-state index is 11.9. The van der Waals surface area contributed by atoms with Gasteiger partial charge in [-0.05, 0) is 11.6 Å². The van der Waals surface area contributed by atoms with Crippen LogP contribution in [-0.4, -0.2) is 9.13 Å². The van der Waals surface area contributed by atoms with E-state index in [4.69, 9.17) is 11.6 Å². The van der Waals surface area contributed by atoms with Crippen molar-refractivity contribution in [1.29, 1.82) is 0 Å². The van der Waals surface area contributed by atoms with Crippen LogP contribution >= 0.6 is 11.6 Å². The number of rotatable bonds is 3. The molecule has 1 heterocycles. The van der Waals surface area contributed by atoms with Gasteiger partial charge in [0.25, 0.3) is 5.56 Å². The number of nitrogens with zero attached hydrogens (tertiary/aromatic N) is 2. The fraction of sp³-hybridized carbons (Fsp3) is 0.0769. The molecule has 0 saturated carbocycles. The molecule has 5 heteroatoms. The van der Waals surface area contributed by atoms with E-state index in [0.29, 0.717) is 5.02 Å². The maximum atomic E-state index is 11.9. The molecular formula is C13H11ClN2O2. The Morgan fingerprint density at radius 2 is 1.94 bits per heavy atom. The first-order valence-corrected chi connectivity index (χ1v) is 5.69. The Balaban J connectivity index is 2.54. The first-order chi connectivity index (χ1) is 8.63. The minimum atomic E-state index is -0.433. The summed E-state index contributed by atoms with van der Waals surface area (Å²) in [6.45, 7) is 3.65. The van der Waals surface area contributed by atoms with E-state index in [9.17, 15) is 9.59 Å². The molecule has 1 aromatic carbocycles. The van der Waals surface area contributed by atoms with Crippen LogP contribution in [0.15, 0.2) is 52.7 Å². The predicted molar refractivity (Wildman–Crippen MR) is 71.9 cm³/mol. The SMILES string of the molecule is C=Cn1ccc(=O)n(Cc2ccccc2Cl)c1=O. The highest BCUT2D eigenvalue weighted by molar-refractivity contribution is 6.31. The zero-order valence-electron chi connectivity index (χ0n) is 9.54. The smallest absolute Gasteiger partial charge is 0.277 e. The Morgan fingerprint density at radius 3 is 2.61 bits per heavy atom. The summed E-state index contributed by atoms with van der Waals surface area (Å²) >= 11 is 6.01. The van der Waals surface area contributed by atoms with Gasteiger partial charge in [0.2, 0.25) is 0 Å². The van der Waals surface area contributed by atoms with E-state index in [0.717, 1.165) is 10.1 Å². The van der Waals surface area contributed by atoms with Crippen molar-refractivity contribution < 1.29 is 0 Å². The molecule has 0 atom stereocenters. The Kier molecular flexibility index (Phi) is 3.48. The van der Waals surface area contributed by atoms with Gasteiger partial charge in [-0.1, -0.05) is 36.4 Å². The summed E-state index contributed by atoms with van der Waals surface area (Å²) in [5.74, 6) is 0. The summed E-state index contributed by atoms with van der Waals surface area (Å²) in [4.78, 5) is 23.6. The summed E-state index contributed by atoms with van der Waals surface area (Å²) < 4.78 is 2.36. The minimum Gasteiger partial charge on any atom is -0.277 e. The van der Waals surface area contributed by atoms with Crippen molar-refractivity contribution in [3.8, 4) is 0 Å². The highest BCUT2D eigenvalue weighted by Gasteiger charge is 2.06. The third kappa shape index (κ3) is 2.28. The lowest BCUT2D eigenvalue weighted by Crippen LogP contribution is -2.37. The van der Waals surface area contributed by atoms with Crippen molar-refractivity contribution in [1.82, 2.24) is 9.13 Å². The van der Waals surface area contributed by atoms with Crippen molar-refractivity contribution in [2.24, 2.45) is 0 Å². The lowest BCUT2D eigenvalue weighted by Gasteiger charge is -2.08. The Labute approximate surface area is 108 Å². The zero-order valence-corrected chi connectivity index (χ0v) is 10.3. The van der Waals surface area contributed by atoms with Crippen molar-refractivity contribution in [2.75, 3.05) is 0 Å². The van der Waals surface area contributed by atoms with E-state index in [1.807, 2.05) is 0 Å². The molecule has 0 aliphatic heterocycles. The van der Waals surface area contributed by atoms with Gasteiger partial charge >= 0.3 is 5.69 Å². The molecule has 0 saturated heterocycles. The van der Waals surface area contributed by atoms with Gasteiger partial charge in [0.15, 0.2) is 0 Å². The largest absolute Gasteiger partial charge is 0.335 e. The van der Waals surface area contributed by atoms with Crippen LogP contribution in [0.3, 0.4) is 0 Å². The highest BCUT2D eigenvalue weighted by Crippen LogP contribution is 2.14. The summed E-state index contributed by atoms with van der Waals surface area (Å²) in [5, 5.41) is 0.526. The van der Waals surface area contributed by atoms with E-state index < -0.39 is 5.69 Å². The number of aromatic nitrogens is 2. The average Bonchev–Trinajstić information content (AvgIpc) is 2.37. The molecule has 0 fully saturated rings. The van der Waals surface area contributed by atoms with Crippen molar-refractivity contribution in [3.63, 3.8) is 0 Å². The topological polar surface area (TPSA) is 44.0 Å². The predicted octanol–water partition coefficient (Wildman–Crippen LogP) is 1.81. The third-order valence-corrected chi connectivity index (χ3v) is 2.95. The first-order valence-electron chi connectivity index (χ1n) is 5.31. The first kappa shape index (κ1) is 12.4. The normalized spacial score (nSPS) is 10.3. The van der Waals surface area contributed by atoms with Crippen LogP contribution in [0, 0.1) is 0 Å². The van der Waals surface area contributed by atoms with Gasteiger partial charge in [0, 0.05) is 23.5 Å². The Bertz CT molecular complexity index is 701. The monoisotopic (exact) mass is 262 g/mol. The molecule has 0 spiro atoms. The van der Waals surface area contributed by atoms with Gasteiger partial charge in [0.05, 0.1) is 6.54 Å². The van der Waals surface area contributed by atoms with Crippen LogP contribution in [0.5, 0.6) is 0 Å². The quantitative estimate of drug-likeness (QED) is 0.847. The summed E-state index contributed by atoms with van der Waals surface area (Å²) in [6, 6.07) is 8.42. The van der Waals surface area contributed by atoms with Crippen LogP contribution in [0.2, 0.25) is 5.02 Å².